The van der Waals surface area contributed by atoms with Crippen LogP contribution in [0.3, 0.4) is 0 Å². The number of carbonyl (C=O) groups is 1. The van der Waals surface area contributed by atoms with E-state index >= 15 is 0 Å². The fraction of sp³-hybridized carbons (Fsp3) is 0.533. The lowest BCUT2D eigenvalue weighted by Gasteiger charge is -2.20. The summed E-state index contributed by atoms with van der Waals surface area (Å²) in [5.41, 5.74) is 0.717. The van der Waals surface area contributed by atoms with Crippen molar-refractivity contribution in [2.75, 3.05) is 13.2 Å². The Bertz CT molecular complexity index is 394. The summed E-state index contributed by atoms with van der Waals surface area (Å²) in [6.07, 6.45) is 0.487. The van der Waals surface area contributed by atoms with E-state index in [0.717, 1.165) is 0 Å². The molecule has 1 rings (SSSR count). The van der Waals surface area contributed by atoms with Gasteiger partial charge >= 0.3 is 0 Å². The van der Waals surface area contributed by atoms with Crippen LogP contribution in [0.4, 0.5) is 0 Å². The van der Waals surface area contributed by atoms with Gasteiger partial charge in [0, 0.05) is 18.5 Å². The molecule has 0 unspecified atom stereocenters. The highest BCUT2D eigenvalue weighted by Gasteiger charge is 2.13. The molecular weight excluding hydrogens is 226 g/mol. The third-order valence-corrected chi connectivity index (χ3v) is 2.49. The van der Waals surface area contributed by atoms with Crippen LogP contribution < -0.4 is 10.1 Å². The first-order valence-corrected chi connectivity index (χ1v) is 6.44. The predicted octanol–water partition coefficient (Wildman–Crippen LogP) is 3.05. The first kappa shape index (κ1) is 14.7. The fourth-order valence-corrected chi connectivity index (χ4v) is 1.66. The highest BCUT2D eigenvalue weighted by Crippen LogP contribution is 2.19. The quantitative estimate of drug-likeness (QED) is 0.787. The average molecular weight is 249 g/mol. The molecule has 0 amide bonds. The van der Waals surface area contributed by atoms with Gasteiger partial charge in [0.2, 0.25) is 0 Å². The van der Waals surface area contributed by atoms with E-state index in [1.807, 2.05) is 31.2 Å². The second kappa shape index (κ2) is 6.55. The molecule has 0 bridgehead atoms. The average Bonchev–Trinajstić information content (AvgIpc) is 2.28. The van der Waals surface area contributed by atoms with E-state index in [-0.39, 0.29) is 11.3 Å². The zero-order chi connectivity index (χ0) is 13.6. The number of ether oxygens (including phenoxy) is 1. The number of rotatable bonds is 6. The minimum absolute atomic E-state index is 0.0414. The Morgan fingerprint density at radius 3 is 2.56 bits per heavy atom. The number of hydrogen-bond donors (Lipinski definition) is 1. The minimum Gasteiger partial charge on any atom is -0.493 e. The maximum atomic E-state index is 12.1. The van der Waals surface area contributed by atoms with Crippen molar-refractivity contribution in [3.05, 3.63) is 29.8 Å². The lowest BCUT2D eigenvalue weighted by atomic mass is 10.1. The number of ketones is 1. The zero-order valence-corrected chi connectivity index (χ0v) is 11.7. The maximum Gasteiger partial charge on any atom is 0.167 e. The number of nitrogens with one attached hydrogen (secondary N) is 1. The van der Waals surface area contributed by atoms with E-state index in [1.54, 1.807) is 0 Å². The van der Waals surface area contributed by atoms with Gasteiger partial charge in [0.25, 0.3) is 0 Å². The Balaban J connectivity index is 2.61. The van der Waals surface area contributed by atoms with Crippen LogP contribution in [0.25, 0.3) is 0 Å². The molecule has 0 aliphatic heterocycles. The molecule has 0 radical (unpaired) electrons. The van der Waals surface area contributed by atoms with E-state index in [1.165, 1.54) is 0 Å². The highest BCUT2D eigenvalue weighted by atomic mass is 16.5. The van der Waals surface area contributed by atoms with Crippen molar-refractivity contribution in [1.82, 2.24) is 5.32 Å². The number of Topliss-reactive ketones (excluding diaryl/α,β-unsaturated/α-hetero) is 1. The Morgan fingerprint density at radius 1 is 1.28 bits per heavy atom. The van der Waals surface area contributed by atoms with Crippen LogP contribution in [0.5, 0.6) is 5.75 Å². The molecule has 0 aliphatic rings. The molecule has 18 heavy (non-hydrogen) atoms. The Kier molecular flexibility index (Phi) is 5.35. The smallest absolute Gasteiger partial charge is 0.167 e. The normalized spacial score (nSPS) is 11.3. The van der Waals surface area contributed by atoms with Gasteiger partial charge in [0.1, 0.15) is 5.75 Å². The molecule has 3 nitrogen and oxygen atoms in total. The van der Waals surface area contributed by atoms with Gasteiger partial charge in [0.05, 0.1) is 12.2 Å². The first-order valence-electron chi connectivity index (χ1n) is 6.44. The first-order chi connectivity index (χ1) is 8.44. The van der Waals surface area contributed by atoms with E-state index in [2.05, 4.69) is 26.1 Å². The SMILES string of the molecule is CCOc1ccccc1C(=O)CCNC(C)(C)C. The molecule has 0 aliphatic carbocycles. The molecule has 1 aromatic carbocycles. The van der Waals surface area contributed by atoms with Crippen molar-refractivity contribution in [2.45, 2.75) is 39.7 Å². The summed E-state index contributed by atoms with van der Waals surface area (Å²) in [5.74, 6) is 0.802. The van der Waals surface area contributed by atoms with Gasteiger partial charge in [-0.15, -0.1) is 0 Å². The van der Waals surface area contributed by atoms with Gasteiger partial charge < -0.3 is 10.1 Å². The molecule has 0 aromatic heterocycles. The molecular formula is C15H23NO2. The maximum absolute atomic E-state index is 12.1. The largest absolute Gasteiger partial charge is 0.493 e. The van der Waals surface area contributed by atoms with Crippen LogP contribution in [0.1, 0.15) is 44.5 Å². The number of hydrogen-bond acceptors (Lipinski definition) is 3. The van der Waals surface area contributed by atoms with Crippen LogP contribution >= 0.6 is 0 Å². The van der Waals surface area contributed by atoms with Crippen LogP contribution in [0, 0.1) is 0 Å². The summed E-state index contributed by atoms with van der Waals surface area (Å²) in [6.45, 7) is 9.44. The molecule has 1 N–H and O–H groups in total. The molecule has 0 saturated carbocycles. The van der Waals surface area contributed by atoms with Gasteiger partial charge in [-0.1, -0.05) is 12.1 Å². The molecule has 0 atom stereocenters. The van der Waals surface area contributed by atoms with E-state index in [0.29, 0.717) is 30.9 Å². The van der Waals surface area contributed by atoms with Crippen LogP contribution in [-0.2, 0) is 0 Å². The van der Waals surface area contributed by atoms with Gasteiger partial charge in [-0.2, -0.15) is 0 Å². The molecule has 0 fully saturated rings. The van der Waals surface area contributed by atoms with Crippen molar-refractivity contribution >= 4 is 5.78 Å². The Labute approximate surface area is 110 Å². The molecule has 0 saturated heterocycles. The molecule has 1 aromatic rings. The van der Waals surface area contributed by atoms with E-state index in [4.69, 9.17) is 4.74 Å². The zero-order valence-electron chi connectivity index (χ0n) is 11.7. The fourth-order valence-electron chi connectivity index (χ4n) is 1.66. The van der Waals surface area contributed by atoms with Crippen LogP contribution in [-0.4, -0.2) is 24.5 Å². The van der Waals surface area contributed by atoms with E-state index < -0.39 is 0 Å². The summed E-state index contributed by atoms with van der Waals surface area (Å²) in [7, 11) is 0. The second-order valence-corrected chi connectivity index (χ2v) is 5.28. The minimum atomic E-state index is 0.0414. The van der Waals surface area contributed by atoms with Crippen LogP contribution in [0.2, 0.25) is 0 Å². The summed E-state index contributed by atoms with van der Waals surface area (Å²) in [4.78, 5) is 12.1. The van der Waals surface area contributed by atoms with Crippen molar-refractivity contribution < 1.29 is 9.53 Å². The number of para-hydroxylation sites is 1. The molecule has 0 heterocycles. The van der Waals surface area contributed by atoms with Gasteiger partial charge in [-0.25, -0.2) is 0 Å². The third kappa shape index (κ3) is 4.88. The van der Waals surface area contributed by atoms with Crippen molar-refractivity contribution in [3.8, 4) is 5.75 Å². The molecule has 0 spiro atoms. The monoisotopic (exact) mass is 249 g/mol. The van der Waals surface area contributed by atoms with Crippen molar-refractivity contribution in [2.24, 2.45) is 0 Å². The van der Waals surface area contributed by atoms with Gasteiger partial charge in [-0.3, -0.25) is 4.79 Å². The summed E-state index contributed by atoms with van der Waals surface area (Å²) >= 11 is 0. The van der Waals surface area contributed by atoms with Crippen LogP contribution in [0.15, 0.2) is 24.3 Å². The third-order valence-electron chi connectivity index (χ3n) is 2.49. The topological polar surface area (TPSA) is 38.3 Å². The standard InChI is InChI=1S/C15H23NO2/c1-5-18-14-9-7-6-8-12(14)13(17)10-11-16-15(2,3)4/h6-9,16H,5,10-11H2,1-4H3. The second-order valence-electron chi connectivity index (χ2n) is 5.28. The summed E-state index contributed by atoms with van der Waals surface area (Å²) < 4.78 is 5.46. The Hall–Kier alpha value is -1.35. The molecule has 3 heteroatoms. The highest BCUT2D eigenvalue weighted by molar-refractivity contribution is 5.98. The van der Waals surface area contributed by atoms with E-state index in [9.17, 15) is 4.79 Å². The van der Waals surface area contributed by atoms with Crippen molar-refractivity contribution in [1.29, 1.82) is 0 Å². The summed E-state index contributed by atoms with van der Waals surface area (Å²) in [5, 5.41) is 3.31. The van der Waals surface area contributed by atoms with Crippen molar-refractivity contribution in [3.63, 3.8) is 0 Å². The van der Waals surface area contributed by atoms with Gasteiger partial charge in [0.15, 0.2) is 5.78 Å². The number of carbonyl (C=O) groups excluding carboxylic acids is 1. The lowest BCUT2D eigenvalue weighted by molar-refractivity contribution is 0.0977. The number of benzene rings is 1. The summed E-state index contributed by atoms with van der Waals surface area (Å²) in [6, 6.07) is 7.42. The Morgan fingerprint density at radius 2 is 1.94 bits per heavy atom. The lowest BCUT2D eigenvalue weighted by Crippen LogP contribution is -2.37. The predicted molar refractivity (Wildman–Crippen MR) is 74.3 cm³/mol. The molecule has 100 valence electrons. The van der Waals surface area contributed by atoms with Gasteiger partial charge in [-0.05, 0) is 39.8 Å².